The first-order chi connectivity index (χ1) is 14.1. The third-order valence-electron chi connectivity index (χ3n) is 6.11. The number of allylic oxidation sites excluding steroid dienone is 5. The molecule has 0 aromatic rings. The van der Waals surface area contributed by atoms with Crippen molar-refractivity contribution in [2.75, 3.05) is 28.2 Å². The summed E-state index contributed by atoms with van der Waals surface area (Å²) in [5, 5.41) is 0. The summed E-state index contributed by atoms with van der Waals surface area (Å²) < 4.78 is 0. The lowest BCUT2D eigenvalue weighted by Gasteiger charge is -2.37. The molecule has 0 saturated heterocycles. The van der Waals surface area contributed by atoms with E-state index in [1.807, 2.05) is 27.9 Å². The van der Waals surface area contributed by atoms with E-state index in [1.54, 1.807) is 0 Å². The van der Waals surface area contributed by atoms with Crippen LogP contribution in [-0.2, 0) is 4.79 Å². The van der Waals surface area contributed by atoms with Gasteiger partial charge in [0.1, 0.15) is 0 Å². The molecular formula is C28H50N2O. The van der Waals surface area contributed by atoms with Crippen LogP contribution in [0.3, 0.4) is 0 Å². The molecule has 0 amide bonds. The van der Waals surface area contributed by atoms with Gasteiger partial charge in [-0.2, -0.15) is 0 Å². The van der Waals surface area contributed by atoms with Crippen LogP contribution in [0.4, 0.5) is 0 Å². The van der Waals surface area contributed by atoms with Gasteiger partial charge in [-0.1, -0.05) is 57.6 Å². The quantitative estimate of drug-likeness (QED) is 0.239. The fourth-order valence-electron chi connectivity index (χ4n) is 4.25. The predicted molar refractivity (Wildman–Crippen MR) is 138 cm³/mol. The van der Waals surface area contributed by atoms with Crippen molar-refractivity contribution in [2.45, 2.75) is 74.3 Å². The van der Waals surface area contributed by atoms with Crippen molar-refractivity contribution < 1.29 is 4.79 Å². The summed E-state index contributed by atoms with van der Waals surface area (Å²) in [7, 11) is 8.25. The van der Waals surface area contributed by atoms with Crippen LogP contribution in [0.2, 0.25) is 0 Å². The monoisotopic (exact) mass is 430 g/mol. The van der Waals surface area contributed by atoms with E-state index in [1.165, 1.54) is 22.4 Å². The van der Waals surface area contributed by atoms with E-state index < -0.39 is 0 Å². The third kappa shape index (κ3) is 9.19. The van der Waals surface area contributed by atoms with Crippen molar-refractivity contribution in [2.24, 2.45) is 23.7 Å². The summed E-state index contributed by atoms with van der Waals surface area (Å²) in [6, 6.07) is -0.0785. The molecule has 0 fully saturated rings. The highest BCUT2D eigenvalue weighted by molar-refractivity contribution is 5.86. The van der Waals surface area contributed by atoms with E-state index in [0.717, 1.165) is 18.4 Å². The lowest BCUT2D eigenvalue weighted by molar-refractivity contribution is -0.129. The van der Waals surface area contributed by atoms with Crippen molar-refractivity contribution in [1.82, 2.24) is 9.80 Å². The molecule has 0 saturated carbocycles. The second-order valence-electron chi connectivity index (χ2n) is 10.6. The van der Waals surface area contributed by atoms with Crippen LogP contribution in [0.5, 0.6) is 0 Å². The van der Waals surface area contributed by atoms with Gasteiger partial charge in [-0.3, -0.25) is 9.69 Å². The molecule has 0 aliphatic heterocycles. The Kier molecular flexibility index (Phi) is 12.4. The van der Waals surface area contributed by atoms with E-state index in [0.29, 0.717) is 17.6 Å². The van der Waals surface area contributed by atoms with Gasteiger partial charge in [0.25, 0.3) is 0 Å². The molecule has 0 bridgehead atoms. The number of Topliss-reactive ketones (excluding diaryl/α,β-unsaturated/α-hetero) is 1. The largest absolute Gasteiger partial charge is 0.377 e. The molecular weight excluding hydrogens is 380 g/mol. The Morgan fingerprint density at radius 1 is 0.935 bits per heavy atom. The van der Waals surface area contributed by atoms with Crippen LogP contribution >= 0.6 is 0 Å². The number of likely N-dealkylation sites (N-methyl/N-ethyl adjacent to an activating group) is 2. The zero-order valence-corrected chi connectivity index (χ0v) is 22.6. The molecule has 31 heavy (non-hydrogen) atoms. The number of hydrogen-bond donors (Lipinski definition) is 0. The van der Waals surface area contributed by atoms with Gasteiger partial charge in [0.2, 0.25) is 0 Å². The summed E-state index contributed by atoms with van der Waals surface area (Å²) in [6.45, 7) is 25.6. The van der Waals surface area contributed by atoms with Crippen molar-refractivity contribution >= 4 is 5.78 Å². The van der Waals surface area contributed by atoms with Gasteiger partial charge in [0.05, 0.1) is 6.04 Å². The maximum absolute atomic E-state index is 13.1. The first-order valence-electron chi connectivity index (χ1n) is 11.7. The number of nitrogens with zero attached hydrogens (tertiary/aromatic N) is 2. The Morgan fingerprint density at radius 3 is 1.74 bits per heavy atom. The van der Waals surface area contributed by atoms with E-state index in [9.17, 15) is 4.79 Å². The molecule has 0 aliphatic rings. The van der Waals surface area contributed by atoms with Crippen LogP contribution in [-0.4, -0.2) is 49.8 Å². The highest BCUT2D eigenvalue weighted by Crippen LogP contribution is 2.36. The normalized spacial score (nSPS) is 15.5. The third-order valence-corrected chi connectivity index (χ3v) is 6.11. The maximum atomic E-state index is 13.1. The Labute approximate surface area is 194 Å². The lowest BCUT2D eigenvalue weighted by Crippen LogP contribution is -2.46. The predicted octanol–water partition coefficient (Wildman–Crippen LogP) is 6.74. The molecule has 0 rings (SSSR count). The summed E-state index contributed by atoms with van der Waals surface area (Å²) in [6.07, 6.45) is 4.08. The standard InChI is InChI=1S/C28H50N2O/c1-18(2)15-26(29(11)12)24(20(5)6)16-23(19(3)4)17-25(21(7)8)27(30(13)14)28(31)22(9)10/h15,21-23,25,27H,3,5,16-17H2,1-2,4,6-14H3. The van der Waals surface area contributed by atoms with Gasteiger partial charge in [0, 0.05) is 25.7 Å². The van der Waals surface area contributed by atoms with E-state index in [4.69, 9.17) is 0 Å². The molecule has 0 spiro atoms. The Hall–Kier alpha value is -1.61. The molecule has 0 heterocycles. The van der Waals surface area contributed by atoms with E-state index in [2.05, 4.69) is 84.7 Å². The minimum Gasteiger partial charge on any atom is -0.377 e. The average molecular weight is 431 g/mol. The minimum absolute atomic E-state index is 0.0285. The van der Waals surface area contributed by atoms with Gasteiger partial charge in [-0.15, -0.1) is 0 Å². The van der Waals surface area contributed by atoms with Crippen LogP contribution in [0.1, 0.15) is 68.2 Å². The smallest absolute Gasteiger partial charge is 0.152 e. The molecule has 0 aromatic heterocycles. The maximum Gasteiger partial charge on any atom is 0.152 e. The van der Waals surface area contributed by atoms with Gasteiger partial charge in [-0.25, -0.2) is 0 Å². The van der Waals surface area contributed by atoms with Crippen LogP contribution < -0.4 is 0 Å². The van der Waals surface area contributed by atoms with Crippen molar-refractivity contribution in [3.63, 3.8) is 0 Å². The number of ketones is 1. The lowest BCUT2D eigenvalue weighted by atomic mass is 9.74. The number of rotatable bonds is 13. The van der Waals surface area contributed by atoms with Crippen molar-refractivity contribution in [1.29, 1.82) is 0 Å². The number of hydrogen-bond acceptors (Lipinski definition) is 3. The zero-order valence-electron chi connectivity index (χ0n) is 22.6. The van der Waals surface area contributed by atoms with Gasteiger partial charge in [-0.05, 0) is 84.0 Å². The SMILES string of the molecule is C=C(C)C(CC(CC(C(C)C)C(C(=O)C(C)C)N(C)C)C(=C)C)=C(C=C(C)C)N(C)C. The average Bonchev–Trinajstić information content (AvgIpc) is 2.60. The van der Waals surface area contributed by atoms with Gasteiger partial charge >= 0.3 is 0 Å². The highest BCUT2D eigenvalue weighted by Gasteiger charge is 2.35. The fourth-order valence-corrected chi connectivity index (χ4v) is 4.25. The van der Waals surface area contributed by atoms with Crippen molar-refractivity contribution in [3.05, 3.63) is 47.2 Å². The second kappa shape index (κ2) is 13.1. The molecule has 0 aliphatic carbocycles. The first-order valence-corrected chi connectivity index (χ1v) is 11.7. The molecule has 3 heteroatoms. The van der Waals surface area contributed by atoms with Gasteiger partial charge < -0.3 is 4.90 Å². The topological polar surface area (TPSA) is 23.6 Å². The first kappa shape index (κ1) is 29.4. The summed E-state index contributed by atoms with van der Waals surface area (Å²) in [4.78, 5) is 17.4. The number of carbonyl (C=O) groups excluding carboxylic acids is 1. The van der Waals surface area contributed by atoms with Crippen LogP contribution in [0, 0.1) is 23.7 Å². The van der Waals surface area contributed by atoms with Crippen LogP contribution in [0.25, 0.3) is 0 Å². The second-order valence-corrected chi connectivity index (χ2v) is 10.6. The van der Waals surface area contributed by atoms with E-state index >= 15 is 0 Å². The molecule has 3 atom stereocenters. The highest BCUT2D eigenvalue weighted by atomic mass is 16.1. The summed E-state index contributed by atoms with van der Waals surface area (Å²) in [5.41, 5.74) is 6.02. The molecule has 178 valence electrons. The molecule has 0 radical (unpaired) electrons. The summed E-state index contributed by atoms with van der Waals surface area (Å²) in [5.74, 6) is 1.32. The Bertz CT molecular complexity index is 688. The van der Waals surface area contributed by atoms with Crippen LogP contribution in [0.15, 0.2) is 47.2 Å². The molecule has 3 nitrogen and oxygen atoms in total. The molecule has 0 N–H and O–H groups in total. The van der Waals surface area contributed by atoms with Gasteiger partial charge in [0.15, 0.2) is 5.78 Å². The van der Waals surface area contributed by atoms with E-state index in [-0.39, 0.29) is 17.9 Å². The molecule has 3 unspecified atom stereocenters. The summed E-state index contributed by atoms with van der Waals surface area (Å²) >= 11 is 0. The number of carbonyl (C=O) groups is 1. The Morgan fingerprint density at radius 2 is 1.45 bits per heavy atom. The van der Waals surface area contributed by atoms with Crippen molar-refractivity contribution in [3.8, 4) is 0 Å². The fraction of sp³-hybridized carbons (Fsp3) is 0.679. The minimum atomic E-state index is -0.0785. The zero-order chi connectivity index (χ0) is 24.6. The molecule has 0 aromatic carbocycles. The Balaban J connectivity index is 6.31.